The lowest BCUT2D eigenvalue weighted by Gasteiger charge is -2.18. The molecular weight excluding hydrogens is 624 g/mol. The third-order valence-electron chi connectivity index (χ3n) is 9.72. The Morgan fingerprint density at radius 1 is 0.380 bits per heavy atom. The predicted molar refractivity (Wildman–Crippen MR) is 210 cm³/mol. The van der Waals surface area contributed by atoms with Crippen LogP contribution >= 0.6 is 0 Å². The van der Waals surface area contributed by atoms with Gasteiger partial charge < -0.3 is 14.2 Å². The molecule has 0 fully saturated rings. The molecule has 0 aromatic carbocycles. The molecule has 50 heavy (non-hydrogen) atoms. The van der Waals surface area contributed by atoms with Gasteiger partial charge in [-0.25, -0.2) is 0 Å². The van der Waals surface area contributed by atoms with E-state index in [2.05, 4.69) is 34.6 Å². The van der Waals surface area contributed by atoms with E-state index in [4.69, 9.17) is 14.2 Å². The van der Waals surface area contributed by atoms with Gasteiger partial charge in [0, 0.05) is 19.3 Å². The molecule has 0 aliphatic rings. The molecule has 0 aliphatic carbocycles. The van der Waals surface area contributed by atoms with E-state index in [-0.39, 0.29) is 31.1 Å². The Balaban J connectivity index is 4.32. The molecule has 0 aromatic heterocycles. The third-order valence-corrected chi connectivity index (χ3v) is 9.72. The van der Waals surface area contributed by atoms with E-state index < -0.39 is 6.10 Å². The predicted octanol–water partition coefficient (Wildman–Crippen LogP) is 13.4. The van der Waals surface area contributed by atoms with Gasteiger partial charge in [0.15, 0.2) is 6.10 Å². The van der Waals surface area contributed by atoms with Crippen LogP contribution in [0.3, 0.4) is 0 Å². The van der Waals surface area contributed by atoms with Crippen LogP contribution in [0.15, 0.2) is 0 Å². The summed E-state index contributed by atoms with van der Waals surface area (Å²) in [6.07, 6.45) is 33.9. The molecule has 296 valence electrons. The normalized spacial score (nSPS) is 12.1. The summed E-state index contributed by atoms with van der Waals surface area (Å²) >= 11 is 0. The first-order chi connectivity index (χ1) is 24.2. The van der Waals surface area contributed by atoms with Gasteiger partial charge in [-0.1, -0.05) is 195 Å². The first-order valence-electron chi connectivity index (χ1n) is 21.7. The molecule has 0 bridgehead atoms. The Kier molecular flexibility index (Phi) is 36.0. The average molecular weight is 709 g/mol. The smallest absolute Gasteiger partial charge is 0.306 e. The quantitative estimate of drug-likeness (QED) is 0.0361. The summed E-state index contributed by atoms with van der Waals surface area (Å²) in [7, 11) is 0. The fraction of sp³-hybridized carbons (Fsp3) is 0.932. The number of esters is 3. The van der Waals surface area contributed by atoms with Crippen molar-refractivity contribution in [2.75, 3.05) is 13.2 Å². The van der Waals surface area contributed by atoms with E-state index in [1.807, 2.05) is 0 Å². The second-order valence-corrected chi connectivity index (χ2v) is 15.9. The molecular formula is C44H84O6. The number of rotatable bonds is 38. The summed E-state index contributed by atoms with van der Waals surface area (Å²) < 4.78 is 16.6. The average Bonchev–Trinajstić information content (AvgIpc) is 3.08. The number of carbonyl (C=O) groups excluding carboxylic acids is 3. The first-order valence-corrected chi connectivity index (χ1v) is 21.7. The summed E-state index contributed by atoms with van der Waals surface area (Å²) in [4.78, 5) is 37.5. The van der Waals surface area contributed by atoms with E-state index in [0.29, 0.717) is 19.3 Å². The zero-order chi connectivity index (χ0) is 36.9. The van der Waals surface area contributed by atoms with Gasteiger partial charge in [0.25, 0.3) is 0 Å². The maximum absolute atomic E-state index is 12.6. The fourth-order valence-corrected chi connectivity index (χ4v) is 6.40. The molecule has 0 aliphatic heterocycles. The van der Waals surface area contributed by atoms with Crippen molar-refractivity contribution in [1.29, 1.82) is 0 Å². The van der Waals surface area contributed by atoms with Crippen LogP contribution in [0.1, 0.15) is 234 Å². The van der Waals surface area contributed by atoms with Crippen LogP contribution in [-0.2, 0) is 28.6 Å². The molecule has 0 radical (unpaired) electrons. The molecule has 0 amide bonds. The Morgan fingerprint density at radius 2 is 0.660 bits per heavy atom. The fourth-order valence-electron chi connectivity index (χ4n) is 6.40. The van der Waals surface area contributed by atoms with Crippen LogP contribution in [0, 0.1) is 11.8 Å². The largest absolute Gasteiger partial charge is 0.462 e. The van der Waals surface area contributed by atoms with Gasteiger partial charge in [-0.3, -0.25) is 14.4 Å². The first kappa shape index (κ1) is 48.4. The van der Waals surface area contributed by atoms with Gasteiger partial charge in [-0.05, 0) is 31.1 Å². The summed E-state index contributed by atoms with van der Waals surface area (Å²) in [5, 5.41) is 0. The highest BCUT2D eigenvalue weighted by atomic mass is 16.6. The monoisotopic (exact) mass is 709 g/mol. The minimum atomic E-state index is -0.760. The van der Waals surface area contributed by atoms with Crippen molar-refractivity contribution in [2.24, 2.45) is 11.8 Å². The molecule has 0 rings (SSSR count). The van der Waals surface area contributed by atoms with Crippen molar-refractivity contribution >= 4 is 17.9 Å². The highest BCUT2D eigenvalue weighted by Gasteiger charge is 2.19. The van der Waals surface area contributed by atoms with Gasteiger partial charge in [-0.2, -0.15) is 0 Å². The van der Waals surface area contributed by atoms with Crippen LogP contribution in [-0.4, -0.2) is 37.2 Å². The van der Waals surface area contributed by atoms with Gasteiger partial charge in [0.05, 0.1) is 0 Å². The van der Waals surface area contributed by atoms with Crippen molar-refractivity contribution in [3.63, 3.8) is 0 Å². The molecule has 0 spiro atoms. The Labute approximate surface area is 310 Å². The Bertz CT molecular complexity index is 764. The Hall–Kier alpha value is -1.59. The van der Waals surface area contributed by atoms with Crippen molar-refractivity contribution in [1.82, 2.24) is 0 Å². The van der Waals surface area contributed by atoms with E-state index in [9.17, 15) is 14.4 Å². The van der Waals surface area contributed by atoms with Crippen molar-refractivity contribution < 1.29 is 28.6 Å². The van der Waals surface area contributed by atoms with Crippen LogP contribution in [0.25, 0.3) is 0 Å². The number of unbranched alkanes of at least 4 members (excludes halogenated alkanes) is 23. The van der Waals surface area contributed by atoms with Crippen LogP contribution < -0.4 is 0 Å². The van der Waals surface area contributed by atoms with Gasteiger partial charge in [0.1, 0.15) is 13.2 Å². The molecule has 0 N–H and O–H groups in total. The number of carbonyl (C=O) groups is 3. The molecule has 0 unspecified atom stereocenters. The van der Waals surface area contributed by atoms with E-state index in [0.717, 1.165) is 69.6 Å². The van der Waals surface area contributed by atoms with E-state index in [1.165, 1.54) is 122 Å². The second-order valence-electron chi connectivity index (χ2n) is 15.9. The van der Waals surface area contributed by atoms with Crippen LogP contribution in [0.5, 0.6) is 0 Å². The molecule has 0 aromatic rings. The van der Waals surface area contributed by atoms with E-state index in [1.54, 1.807) is 0 Å². The van der Waals surface area contributed by atoms with E-state index >= 15 is 0 Å². The summed E-state index contributed by atoms with van der Waals surface area (Å²) in [5.74, 6) is 0.674. The molecule has 6 nitrogen and oxygen atoms in total. The maximum Gasteiger partial charge on any atom is 0.306 e. The SMILES string of the molecule is CCCCCCCCCCCCCCCC(=O)OC[C@H](COC(=O)CCCCCCCCC(C)C)OC(=O)CCCCCCCCCC(C)C. The molecule has 0 heterocycles. The minimum Gasteiger partial charge on any atom is -0.462 e. The van der Waals surface area contributed by atoms with Crippen LogP contribution in [0.4, 0.5) is 0 Å². The lowest BCUT2D eigenvalue weighted by molar-refractivity contribution is -0.167. The number of ether oxygens (including phenoxy) is 3. The van der Waals surface area contributed by atoms with Gasteiger partial charge >= 0.3 is 17.9 Å². The van der Waals surface area contributed by atoms with Crippen molar-refractivity contribution in [3.8, 4) is 0 Å². The molecule has 0 saturated heterocycles. The number of hydrogen-bond donors (Lipinski definition) is 0. The number of hydrogen-bond acceptors (Lipinski definition) is 6. The lowest BCUT2D eigenvalue weighted by Crippen LogP contribution is -2.30. The molecule has 1 atom stereocenters. The van der Waals surface area contributed by atoms with Gasteiger partial charge in [0.2, 0.25) is 0 Å². The minimum absolute atomic E-state index is 0.0664. The zero-order valence-electron chi connectivity index (χ0n) is 34.0. The third kappa shape index (κ3) is 37.7. The highest BCUT2D eigenvalue weighted by molar-refractivity contribution is 5.71. The molecule has 0 saturated carbocycles. The standard InChI is InChI=1S/C44H84O6/c1-6-7-8-9-10-11-12-13-14-15-18-24-29-34-42(45)48-37-41(38-49-43(46)35-30-25-21-20-23-28-33-40(4)5)50-44(47)36-31-26-19-16-17-22-27-32-39(2)3/h39-41H,6-38H2,1-5H3/t41-/m1/s1. The van der Waals surface area contributed by atoms with Gasteiger partial charge in [-0.15, -0.1) is 0 Å². The maximum atomic E-state index is 12.6. The molecule has 6 heteroatoms. The summed E-state index contributed by atoms with van der Waals surface area (Å²) in [6, 6.07) is 0. The zero-order valence-corrected chi connectivity index (χ0v) is 34.0. The van der Waals surface area contributed by atoms with Crippen LogP contribution in [0.2, 0.25) is 0 Å². The summed E-state index contributed by atoms with van der Waals surface area (Å²) in [5.41, 5.74) is 0. The topological polar surface area (TPSA) is 78.9 Å². The lowest BCUT2D eigenvalue weighted by atomic mass is 10.0. The summed E-state index contributed by atoms with van der Waals surface area (Å²) in [6.45, 7) is 11.2. The highest BCUT2D eigenvalue weighted by Crippen LogP contribution is 2.16. The Morgan fingerprint density at radius 3 is 0.980 bits per heavy atom. The second kappa shape index (κ2) is 37.2. The van der Waals surface area contributed by atoms with Crippen molar-refractivity contribution in [3.05, 3.63) is 0 Å². The van der Waals surface area contributed by atoms with Crippen molar-refractivity contribution in [2.45, 2.75) is 240 Å².